The summed E-state index contributed by atoms with van der Waals surface area (Å²) in [5.41, 5.74) is 0.309. The van der Waals surface area contributed by atoms with Crippen LogP contribution < -0.4 is 5.32 Å². The van der Waals surface area contributed by atoms with Gasteiger partial charge in [-0.3, -0.25) is 0 Å². The van der Waals surface area contributed by atoms with E-state index < -0.39 is 5.82 Å². The SMILES string of the molecule is Fc1cc(Cl)ccc1Nc1ncncc1Br. The number of halogens is 3. The number of aromatic nitrogens is 2. The van der Waals surface area contributed by atoms with Crippen molar-refractivity contribution < 1.29 is 4.39 Å². The molecular formula is C10H6BrClFN3. The molecule has 0 spiro atoms. The number of benzene rings is 1. The smallest absolute Gasteiger partial charge is 0.148 e. The molecule has 1 N–H and O–H groups in total. The Morgan fingerprint density at radius 2 is 2.19 bits per heavy atom. The van der Waals surface area contributed by atoms with Crippen LogP contribution in [0.15, 0.2) is 35.2 Å². The molecule has 2 aromatic rings. The zero-order valence-corrected chi connectivity index (χ0v) is 10.3. The maximum atomic E-state index is 13.5. The molecule has 1 aromatic carbocycles. The van der Waals surface area contributed by atoms with Gasteiger partial charge in [-0.1, -0.05) is 11.6 Å². The van der Waals surface area contributed by atoms with Gasteiger partial charge in [0.15, 0.2) is 0 Å². The Bertz CT molecular complexity index is 521. The fourth-order valence-electron chi connectivity index (χ4n) is 1.12. The van der Waals surface area contributed by atoms with E-state index in [4.69, 9.17) is 11.6 Å². The third kappa shape index (κ3) is 2.48. The van der Waals surface area contributed by atoms with Gasteiger partial charge in [0, 0.05) is 11.2 Å². The minimum absolute atomic E-state index is 0.309. The summed E-state index contributed by atoms with van der Waals surface area (Å²) in [6, 6.07) is 4.38. The summed E-state index contributed by atoms with van der Waals surface area (Å²) in [5, 5.41) is 3.19. The topological polar surface area (TPSA) is 37.8 Å². The highest BCUT2D eigenvalue weighted by atomic mass is 79.9. The second-order valence-electron chi connectivity index (χ2n) is 2.97. The summed E-state index contributed by atoms with van der Waals surface area (Å²) in [7, 11) is 0. The third-order valence-electron chi connectivity index (χ3n) is 1.85. The lowest BCUT2D eigenvalue weighted by atomic mass is 10.3. The molecule has 6 heteroatoms. The van der Waals surface area contributed by atoms with E-state index in [0.29, 0.717) is 21.0 Å². The van der Waals surface area contributed by atoms with Crippen molar-refractivity contribution in [1.82, 2.24) is 9.97 Å². The Balaban J connectivity index is 2.31. The Morgan fingerprint density at radius 1 is 1.38 bits per heavy atom. The van der Waals surface area contributed by atoms with Gasteiger partial charge in [-0.05, 0) is 34.1 Å². The largest absolute Gasteiger partial charge is 0.337 e. The third-order valence-corrected chi connectivity index (χ3v) is 2.67. The predicted molar refractivity (Wildman–Crippen MR) is 64.4 cm³/mol. The second-order valence-corrected chi connectivity index (χ2v) is 4.26. The van der Waals surface area contributed by atoms with Gasteiger partial charge in [0.2, 0.25) is 0 Å². The lowest BCUT2D eigenvalue weighted by Gasteiger charge is -2.07. The van der Waals surface area contributed by atoms with Crippen LogP contribution in [0.1, 0.15) is 0 Å². The lowest BCUT2D eigenvalue weighted by Crippen LogP contribution is -1.97. The van der Waals surface area contributed by atoms with Gasteiger partial charge in [0.1, 0.15) is 18.0 Å². The minimum Gasteiger partial charge on any atom is -0.337 e. The van der Waals surface area contributed by atoms with Gasteiger partial charge >= 0.3 is 0 Å². The number of anilines is 2. The molecule has 0 saturated heterocycles. The normalized spacial score (nSPS) is 10.2. The lowest BCUT2D eigenvalue weighted by molar-refractivity contribution is 0.632. The van der Waals surface area contributed by atoms with Crippen LogP contribution >= 0.6 is 27.5 Å². The predicted octanol–water partition coefficient (Wildman–Crippen LogP) is 3.78. The molecule has 0 fully saturated rings. The quantitative estimate of drug-likeness (QED) is 0.917. The van der Waals surface area contributed by atoms with Gasteiger partial charge in [-0.2, -0.15) is 0 Å². The number of nitrogens with zero attached hydrogens (tertiary/aromatic N) is 2. The average Bonchev–Trinajstić information content (AvgIpc) is 2.25. The Morgan fingerprint density at radius 3 is 2.88 bits per heavy atom. The van der Waals surface area contributed by atoms with Crippen molar-refractivity contribution >= 4 is 39.0 Å². The van der Waals surface area contributed by atoms with E-state index in [-0.39, 0.29) is 0 Å². The maximum Gasteiger partial charge on any atom is 0.148 e. The van der Waals surface area contributed by atoms with E-state index in [0.717, 1.165) is 0 Å². The van der Waals surface area contributed by atoms with Gasteiger partial charge in [0.25, 0.3) is 0 Å². The molecule has 1 heterocycles. The maximum absolute atomic E-state index is 13.5. The first-order valence-electron chi connectivity index (χ1n) is 4.34. The van der Waals surface area contributed by atoms with Crippen LogP contribution in [0.2, 0.25) is 5.02 Å². The van der Waals surface area contributed by atoms with Crippen molar-refractivity contribution in [2.75, 3.05) is 5.32 Å². The standard InChI is InChI=1S/C10H6BrClFN3/c11-7-4-14-5-15-10(7)16-9-2-1-6(12)3-8(9)13/h1-5H,(H,14,15,16). The van der Waals surface area contributed by atoms with Crippen molar-refractivity contribution in [2.45, 2.75) is 0 Å². The number of rotatable bonds is 2. The number of hydrogen-bond acceptors (Lipinski definition) is 3. The molecule has 0 bridgehead atoms. The van der Waals surface area contributed by atoms with Gasteiger partial charge in [-0.15, -0.1) is 0 Å². The van der Waals surface area contributed by atoms with Crippen LogP contribution in [0.25, 0.3) is 0 Å². The molecule has 0 aliphatic rings. The van der Waals surface area contributed by atoms with Gasteiger partial charge in [-0.25, -0.2) is 14.4 Å². The summed E-state index contributed by atoms with van der Waals surface area (Å²) < 4.78 is 14.1. The Labute approximate surface area is 105 Å². The molecule has 0 radical (unpaired) electrons. The molecule has 1 aromatic heterocycles. The highest BCUT2D eigenvalue weighted by molar-refractivity contribution is 9.10. The van der Waals surface area contributed by atoms with Crippen LogP contribution in [0, 0.1) is 5.82 Å². The highest BCUT2D eigenvalue weighted by Gasteiger charge is 2.06. The summed E-state index contributed by atoms with van der Waals surface area (Å²) in [6.45, 7) is 0. The van der Waals surface area contributed by atoms with E-state index in [1.54, 1.807) is 18.3 Å². The van der Waals surface area contributed by atoms with Crippen molar-refractivity contribution in [3.8, 4) is 0 Å². The first kappa shape index (κ1) is 11.3. The molecular weight excluding hydrogens is 296 g/mol. The molecule has 0 unspecified atom stereocenters. The van der Waals surface area contributed by atoms with Crippen LogP contribution in [-0.2, 0) is 0 Å². The van der Waals surface area contributed by atoms with E-state index >= 15 is 0 Å². The molecule has 2 rings (SSSR count). The zero-order valence-electron chi connectivity index (χ0n) is 7.92. The molecule has 0 aliphatic heterocycles. The average molecular weight is 303 g/mol. The van der Waals surface area contributed by atoms with Gasteiger partial charge in [0.05, 0.1) is 10.2 Å². The first-order valence-corrected chi connectivity index (χ1v) is 5.51. The first-order chi connectivity index (χ1) is 7.66. The minimum atomic E-state index is -0.432. The molecule has 16 heavy (non-hydrogen) atoms. The molecule has 0 amide bonds. The van der Waals surface area contributed by atoms with E-state index in [1.165, 1.54) is 12.4 Å². The number of nitrogens with one attached hydrogen (secondary N) is 1. The van der Waals surface area contributed by atoms with E-state index in [1.807, 2.05) is 0 Å². The summed E-state index contributed by atoms with van der Waals surface area (Å²) in [5.74, 6) is 0.0641. The zero-order chi connectivity index (χ0) is 11.5. The van der Waals surface area contributed by atoms with Crippen LogP contribution in [-0.4, -0.2) is 9.97 Å². The monoisotopic (exact) mass is 301 g/mol. The Kier molecular flexibility index (Phi) is 3.36. The van der Waals surface area contributed by atoms with Crippen LogP contribution in [0.4, 0.5) is 15.9 Å². The second kappa shape index (κ2) is 4.76. The van der Waals surface area contributed by atoms with Crippen molar-refractivity contribution in [1.29, 1.82) is 0 Å². The molecule has 82 valence electrons. The molecule has 3 nitrogen and oxygen atoms in total. The van der Waals surface area contributed by atoms with Crippen molar-refractivity contribution in [2.24, 2.45) is 0 Å². The summed E-state index contributed by atoms with van der Waals surface area (Å²) >= 11 is 8.91. The highest BCUT2D eigenvalue weighted by Crippen LogP contribution is 2.25. The fraction of sp³-hybridized carbons (Fsp3) is 0. The Hall–Kier alpha value is -1.20. The fourth-order valence-corrected chi connectivity index (χ4v) is 1.60. The van der Waals surface area contributed by atoms with E-state index in [9.17, 15) is 4.39 Å². The van der Waals surface area contributed by atoms with E-state index in [2.05, 4.69) is 31.2 Å². The summed E-state index contributed by atoms with van der Waals surface area (Å²) in [4.78, 5) is 7.78. The summed E-state index contributed by atoms with van der Waals surface area (Å²) in [6.07, 6.45) is 2.95. The van der Waals surface area contributed by atoms with Crippen LogP contribution in [0.5, 0.6) is 0 Å². The molecule has 0 atom stereocenters. The number of hydrogen-bond donors (Lipinski definition) is 1. The van der Waals surface area contributed by atoms with Crippen molar-refractivity contribution in [3.05, 3.63) is 46.0 Å². The van der Waals surface area contributed by atoms with Gasteiger partial charge < -0.3 is 5.32 Å². The van der Waals surface area contributed by atoms with Crippen LogP contribution in [0.3, 0.4) is 0 Å². The molecule has 0 aliphatic carbocycles. The van der Waals surface area contributed by atoms with Crippen molar-refractivity contribution in [3.63, 3.8) is 0 Å². The molecule has 0 saturated carbocycles.